The van der Waals surface area contributed by atoms with Crippen LogP contribution in [0.5, 0.6) is 0 Å². The minimum atomic E-state index is -3.57. The Kier molecular flexibility index (Phi) is 3.69. The van der Waals surface area contributed by atoms with Crippen LogP contribution in [0.3, 0.4) is 0 Å². The maximum absolute atomic E-state index is 10.1. The Bertz CT molecular complexity index is 114. The molecule has 0 atom stereocenters. The van der Waals surface area contributed by atoms with E-state index < -0.39 is 18.6 Å². The van der Waals surface area contributed by atoms with Crippen molar-refractivity contribution < 1.29 is 33.7 Å². The first-order chi connectivity index (χ1) is 3.98. The van der Waals surface area contributed by atoms with Crippen LogP contribution in [-0.4, -0.2) is 25.3 Å². The summed E-state index contributed by atoms with van der Waals surface area (Å²) in [5.41, 5.74) is 0. The fourth-order valence-corrected chi connectivity index (χ4v) is 1.10. The van der Waals surface area contributed by atoms with Gasteiger partial charge in [0.25, 0.3) is 0 Å². The molecule has 0 fully saturated rings. The summed E-state index contributed by atoms with van der Waals surface area (Å²) >= 11 is -3.57. The third-order valence-electron chi connectivity index (χ3n) is 1.08. The molecule has 0 unspecified atom stereocenters. The van der Waals surface area contributed by atoms with Crippen LogP contribution >= 0.6 is 0 Å². The number of quaternary nitrogens is 1. The van der Waals surface area contributed by atoms with Gasteiger partial charge in [0, 0.05) is 0 Å². The fourth-order valence-electron chi connectivity index (χ4n) is 0.266. The quantitative estimate of drug-likeness (QED) is 0.314. The molecule has 0 aliphatic heterocycles. The average molecular weight is 169 g/mol. The van der Waals surface area contributed by atoms with E-state index in [1.165, 1.54) is 0 Å². The molecule has 0 N–H and O–H groups in total. The standard InChI is InChI=1S/C4H11NO.2O.Ti/c1-4-5(2,3)6;;;/h4H2,1-3H3;;;/q;;-1;+1. The van der Waals surface area contributed by atoms with Gasteiger partial charge in [-0.05, 0) is 0 Å². The Labute approximate surface area is 61.7 Å². The van der Waals surface area contributed by atoms with Gasteiger partial charge < -0.3 is 0 Å². The van der Waals surface area contributed by atoms with Crippen molar-refractivity contribution in [3.05, 3.63) is 0 Å². The summed E-state index contributed by atoms with van der Waals surface area (Å²) in [6.45, 7) is 2.52. The summed E-state index contributed by atoms with van der Waals surface area (Å²) < 4.78 is 24.8. The SMILES string of the molecule is CC[N+](C)(C)[O][Ti](=[O])[O-]. The van der Waals surface area contributed by atoms with Crippen LogP contribution in [0.15, 0.2) is 0 Å². The van der Waals surface area contributed by atoms with Crippen LogP contribution in [0.1, 0.15) is 6.92 Å². The van der Waals surface area contributed by atoms with Crippen LogP contribution in [0, 0.1) is 0 Å². The molecule has 0 aliphatic rings. The van der Waals surface area contributed by atoms with E-state index in [1.807, 2.05) is 6.92 Å². The van der Waals surface area contributed by atoms with E-state index >= 15 is 0 Å². The van der Waals surface area contributed by atoms with Crippen LogP contribution in [0.25, 0.3) is 0 Å². The van der Waals surface area contributed by atoms with Crippen molar-refractivity contribution in [3.63, 3.8) is 0 Å². The van der Waals surface area contributed by atoms with Crippen LogP contribution in [0.4, 0.5) is 0 Å². The molecule has 0 amide bonds. The molecular weight excluding hydrogens is 158 g/mol. The molecule has 0 aromatic heterocycles. The molecule has 0 aromatic carbocycles. The van der Waals surface area contributed by atoms with Crippen molar-refractivity contribution in [2.75, 3.05) is 20.6 Å². The number of hydrogen-bond acceptors (Lipinski definition) is 3. The summed E-state index contributed by atoms with van der Waals surface area (Å²) in [7, 11) is 3.39. The molecule has 4 nitrogen and oxygen atoms in total. The fraction of sp³-hybridized carbons (Fsp3) is 1.00. The Morgan fingerprint density at radius 2 is 2.11 bits per heavy atom. The molecule has 0 heterocycles. The molecule has 0 bridgehead atoms. The van der Waals surface area contributed by atoms with E-state index in [0.29, 0.717) is 6.54 Å². The third kappa shape index (κ3) is 4.87. The molecular formula is C4H11NO3Ti. The minimum absolute atomic E-state index is 0.0995. The van der Waals surface area contributed by atoms with E-state index in [9.17, 15) is 7.01 Å². The van der Waals surface area contributed by atoms with Crippen molar-refractivity contribution in [1.82, 2.24) is 0 Å². The zero-order chi connectivity index (χ0) is 7.49. The average Bonchev–Trinajstić information content (AvgIpc) is 1.63. The summed E-state index contributed by atoms with van der Waals surface area (Å²) in [5.74, 6) is 0. The van der Waals surface area contributed by atoms with Crippen molar-refractivity contribution in [2.45, 2.75) is 6.92 Å². The second-order valence-electron chi connectivity index (χ2n) is 2.23. The second kappa shape index (κ2) is 3.54. The summed E-state index contributed by atoms with van der Waals surface area (Å²) in [6, 6.07) is 0. The van der Waals surface area contributed by atoms with E-state index in [0.717, 1.165) is 0 Å². The molecule has 0 rings (SSSR count). The monoisotopic (exact) mass is 169 g/mol. The van der Waals surface area contributed by atoms with E-state index in [4.69, 9.17) is 0 Å². The zero-order valence-electron chi connectivity index (χ0n) is 5.88. The summed E-state index contributed by atoms with van der Waals surface area (Å²) in [4.78, 5) is 0. The van der Waals surface area contributed by atoms with Crippen molar-refractivity contribution in [3.8, 4) is 0 Å². The molecule has 0 spiro atoms. The maximum atomic E-state index is 10.1. The van der Waals surface area contributed by atoms with Gasteiger partial charge in [-0.15, -0.1) is 0 Å². The van der Waals surface area contributed by atoms with Gasteiger partial charge >= 0.3 is 61.3 Å². The number of rotatable bonds is 3. The van der Waals surface area contributed by atoms with Gasteiger partial charge in [-0.2, -0.15) is 0 Å². The normalized spacial score (nSPS) is 11.6. The van der Waals surface area contributed by atoms with E-state index in [1.54, 1.807) is 14.1 Å². The first kappa shape index (κ1) is 9.39. The molecule has 0 aliphatic carbocycles. The molecule has 5 heteroatoms. The van der Waals surface area contributed by atoms with Crippen molar-refractivity contribution >= 4 is 0 Å². The van der Waals surface area contributed by atoms with Crippen LogP contribution in [0.2, 0.25) is 0 Å². The van der Waals surface area contributed by atoms with Gasteiger partial charge in [-0.3, -0.25) is 0 Å². The van der Waals surface area contributed by atoms with Crippen molar-refractivity contribution in [1.29, 1.82) is 0 Å². The predicted octanol–water partition coefficient (Wildman–Crippen LogP) is -0.832. The van der Waals surface area contributed by atoms with Gasteiger partial charge in [0.15, 0.2) is 0 Å². The van der Waals surface area contributed by atoms with Gasteiger partial charge in [-0.1, -0.05) is 0 Å². The predicted molar refractivity (Wildman–Crippen MR) is 24.4 cm³/mol. The molecule has 54 valence electrons. The van der Waals surface area contributed by atoms with Gasteiger partial charge in [0.2, 0.25) is 0 Å². The topological polar surface area (TPSA) is 49.4 Å². The molecule has 0 saturated carbocycles. The Morgan fingerprint density at radius 1 is 1.67 bits per heavy atom. The van der Waals surface area contributed by atoms with E-state index in [-0.39, 0.29) is 4.65 Å². The van der Waals surface area contributed by atoms with Gasteiger partial charge in [0.1, 0.15) is 0 Å². The van der Waals surface area contributed by atoms with Crippen LogP contribution in [-0.2, 0) is 25.4 Å². The van der Waals surface area contributed by atoms with Crippen LogP contribution < -0.4 is 3.69 Å². The molecule has 0 aromatic rings. The third-order valence-corrected chi connectivity index (χ3v) is 2.09. The first-order valence-corrected chi connectivity index (χ1v) is 4.63. The van der Waals surface area contributed by atoms with Gasteiger partial charge in [0.05, 0.1) is 0 Å². The summed E-state index contributed by atoms with van der Waals surface area (Å²) in [6.07, 6.45) is 0. The molecule has 0 saturated heterocycles. The Hall–Kier alpha value is 0.394. The Balaban J connectivity index is 3.71. The number of hydroxylamine groups is 3. The van der Waals surface area contributed by atoms with E-state index in [2.05, 4.69) is 3.42 Å². The second-order valence-corrected chi connectivity index (χ2v) is 3.30. The number of hydrogen-bond donors (Lipinski definition) is 0. The number of nitrogens with zero attached hydrogens (tertiary/aromatic N) is 1. The first-order valence-electron chi connectivity index (χ1n) is 2.71. The van der Waals surface area contributed by atoms with Crippen molar-refractivity contribution in [2.24, 2.45) is 0 Å². The molecule has 0 radical (unpaired) electrons. The zero-order valence-corrected chi connectivity index (χ0v) is 7.44. The molecule has 9 heavy (non-hydrogen) atoms. The van der Waals surface area contributed by atoms with Gasteiger partial charge in [-0.25, -0.2) is 0 Å². The Morgan fingerprint density at radius 3 is 2.22 bits per heavy atom. The summed E-state index contributed by atoms with van der Waals surface area (Å²) in [5, 5.41) is 0.